The molecule has 1 aromatic carbocycles. The number of fused-ring (bicyclic) bond motifs is 1. The van der Waals surface area contributed by atoms with Crippen LogP contribution < -0.4 is 5.76 Å². The van der Waals surface area contributed by atoms with E-state index >= 15 is 0 Å². The SMILES string of the molecule is O=C(Cn1c(=O)oc2cc(Cl)ccc21)N1CCCC1. The van der Waals surface area contributed by atoms with Gasteiger partial charge in [0.25, 0.3) is 0 Å². The second-order valence-electron chi connectivity index (χ2n) is 4.65. The topological polar surface area (TPSA) is 55.5 Å². The fourth-order valence-corrected chi connectivity index (χ4v) is 2.55. The number of hydrogen-bond donors (Lipinski definition) is 0. The van der Waals surface area contributed by atoms with Gasteiger partial charge in [-0.15, -0.1) is 0 Å². The van der Waals surface area contributed by atoms with E-state index < -0.39 is 5.76 Å². The van der Waals surface area contributed by atoms with Gasteiger partial charge in [-0.1, -0.05) is 11.6 Å². The number of rotatable bonds is 2. The molecule has 2 heterocycles. The van der Waals surface area contributed by atoms with Crippen LogP contribution in [0.2, 0.25) is 5.02 Å². The maximum atomic E-state index is 12.1. The Hall–Kier alpha value is -1.75. The van der Waals surface area contributed by atoms with Crippen LogP contribution in [0.5, 0.6) is 0 Å². The molecule has 0 bridgehead atoms. The molecule has 0 atom stereocenters. The zero-order valence-electron chi connectivity index (χ0n) is 10.3. The predicted octanol–water partition coefficient (Wildman–Crippen LogP) is 1.87. The van der Waals surface area contributed by atoms with Crippen molar-refractivity contribution in [3.63, 3.8) is 0 Å². The van der Waals surface area contributed by atoms with E-state index in [-0.39, 0.29) is 12.5 Å². The number of amides is 1. The zero-order chi connectivity index (χ0) is 13.4. The summed E-state index contributed by atoms with van der Waals surface area (Å²) in [7, 11) is 0. The Morgan fingerprint density at radius 1 is 1.32 bits per heavy atom. The Morgan fingerprint density at radius 2 is 2.05 bits per heavy atom. The minimum Gasteiger partial charge on any atom is -0.408 e. The highest BCUT2D eigenvalue weighted by Gasteiger charge is 2.20. The van der Waals surface area contributed by atoms with Gasteiger partial charge >= 0.3 is 5.76 Å². The van der Waals surface area contributed by atoms with Crippen LogP contribution in [0, 0.1) is 0 Å². The largest absolute Gasteiger partial charge is 0.420 e. The number of carbonyl (C=O) groups is 1. The smallest absolute Gasteiger partial charge is 0.408 e. The molecule has 2 aromatic rings. The second kappa shape index (κ2) is 4.74. The lowest BCUT2D eigenvalue weighted by molar-refractivity contribution is -0.130. The molecule has 0 aliphatic carbocycles. The molecular weight excluding hydrogens is 268 g/mol. The molecule has 1 aliphatic heterocycles. The molecule has 1 aromatic heterocycles. The summed E-state index contributed by atoms with van der Waals surface area (Å²) < 4.78 is 6.45. The van der Waals surface area contributed by atoms with Gasteiger partial charge in [0.1, 0.15) is 6.54 Å². The Kier molecular flexibility index (Phi) is 3.06. The average molecular weight is 281 g/mol. The van der Waals surface area contributed by atoms with Crippen molar-refractivity contribution >= 4 is 28.6 Å². The van der Waals surface area contributed by atoms with Gasteiger partial charge in [-0.05, 0) is 25.0 Å². The monoisotopic (exact) mass is 280 g/mol. The molecule has 1 saturated heterocycles. The van der Waals surface area contributed by atoms with Crippen LogP contribution in [0.15, 0.2) is 27.4 Å². The molecule has 100 valence electrons. The van der Waals surface area contributed by atoms with Gasteiger partial charge in [0.15, 0.2) is 5.58 Å². The molecule has 0 saturated carbocycles. The number of oxazole rings is 1. The quantitative estimate of drug-likeness (QED) is 0.844. The number of nitrogens with zero attached hydrogens (tertiary/aromatic N) is 2. The van der Waals surface area contributed by atoms with E-state index in [9.17, 15) is 9.59 Å². The van der Waals surface area contributed by atoms with Gasteiger partial charge in [0.05, 0.1) is 5.52 Å². The summed E-state index contributed by atoms with van der Waals surface area (Å²) in [6.07, 6.45) is 2.06. The van der Waals surface area contributed by atoms with E-state index in [1.54, 1.807) is 23.1 Å². The average Bonchev–Trinajstić information content (AvgIpc) is 2.98. The summed E-state index contributed by atoms with van der Waals surface area (Å²) in [4.78, 5) is 25.6. The number of halogens is 1. The normalized spacial score (nSPS) is 15.3. The predicted molar refractivity (Wildman–Crippen MR) is 71.3 cm³/mol. The first-order valence-corrected chi connectivity index (χ1v) is 6.59. The number of aromatic nitrogens is 1. The number of carbonyl (C=O) groups excluding carboxylic acids is 1. The molecule has 19 heavy (non-hydrogen) atoms. The van der Waals surface area contributed by atoms with Gasteiger partial charge < -0.3 is 9.32 Å². The highest BCUT2D eigenvalue weighted by Crippen LogP contribution is 2.18. The molecule has 0 spiro atoms. The Labute approximate surface area is 114 Å². The van der Waals surface area contributed by atoms with E-state index in [2.05, 4.69) is 0 Å². The van der Waals surface area contributed by atoms with Gasteiger partial charge in [-0.3, -0.25) is 9.36 Å². The Balaban J connectivity index is 1.94. The van der Waals surface area contributed by atoms with Crippen molar-refractivity contribution in [2.24, 2.45) is 0 Å². The van der Waals surface area contributed by atoms with Crippen LogP contribution in [0.1, 0.15) is 12.8 Å². The first kappa shape index (κ1) is 12.3. The van der Waals surface area contributed by atoms with E-state index in [4.69, 9.17) is 16.0 Å². The molecular formula is C13H13ClN2O3. The zero-order valence-corrected chi connectivity index (χ0v) is 11.0. The second-order valence-corrected chi connectivity index (χ2v) is 5.09. The van der Waals surface area contributed by atoms with E-state index in [0.717, 1.165) is 25.9 Å². The third-order valence-corrected chi connectivity index (χ3v) is 3.62. The maximum Gasteiger partial charge on any atom is 0.420 e. The van der Waals surface area contributed by atoms with E-state index in [0.29, 0.717) is 16.1 Å². The third-order valence-electron chi connectivity index (χ3n) is 3.38. The van der Waals surface area contributed by atoms with Crippen molar-refractivity contribution < 1.29 is 9.21 Å². The third kappa shape index (κ3) is 2.26. The van der Waals surface area contributed by atoms with Crippen molar-refractivity contribution in [1.82, 2.24) is 9.47 Å². The molecule has 0 N–H and O–H groups in total. The highest BCUT2D eigenvalue weighted by molar-refractivity contribution is 6.31. The van der Waals surface area contributed by atoms with Gasteiger partial charge in [0.2, 0.25) is 5.91 Å². The number of benzene rings is 1. The molecule has 0 radical (unpaired) electrons. The Morgan fingerprint density at radius 3 is 2.79 bits per heavy atom. The van der Waals surface area contributed by atoms with Gasteiger partial charge in [0, 0.05) is 24.2 Å². The molecule has 5 nitrogen and oxygen atoms in total. The first-order valence-electron chi connectivity index (χ1n) is 6.22. The van der Waals surface area contributed by atoms with Crippen molar-refractivity contribution in [3.05, 3.63) is 33.8 Å². The molecule has 0 unspecified atom stereocenters. The lowest BCUT2D eigenvalue weighted by Gasteiger charge is -2.14. The number of likely N-dealkylation sites (tertiary alicyclic amines) is 1. The lowest BCUT2D eigenvalue weighted by Crippen LogP contribution is -2.33. The van der Waals surface area contributed by atoms with Crippen molar-refractivity contribution in [2.75, 3.05) is 13.1 Å². The fourth-order valence-electron chi connectivity index (χ4n) is 2.39. The van der Waals surface area contributed by atoms with E-state index in [1.807, 2.05) is 0 Å². The van der Waals surface area contributed by atoms with Crippen LogP contribution in [-0.2, 0) is 11.3 Å². The van der Waals surface area contributed by atoms with Crippen LogP contribution >= 0.6 is 11.6 Å². The summed E-state index contributed by atoms with van der Waals surface area (Å²) in [5.41, 5.74) is 1.01. The maximum absolute atomic E-state index is 12.1. The minimum absolute atomic E-state index is 0.0213. The van der Waals surface area contributed by atoms with Crippen LogP contribution in [-0.4, -0.2) is 28.5 Å². The van der Waals surface area contributed by atoms with Crippen molar-refractivity contribution in [3.8, 4) is 0 Å². The van der Waals surface area contributed by atoms with E-state index in [1.165, 1.54) is 4.57 Å². The van der Waals surface area contributed by atoms with Gasteiger partial charge in [-0.2, -0.15) is 0 Å². The molecule has 3 rings (SSSR count). The summed E-state index contributed by atoms with van der Waals surface area (Å²) >= 11 is 5.84. The van der Waals surface area contributed by atoms with Crippen molar-refractivity contribution in [2.45, 2.75) is 19.4 Å². The standard InChI is InChI=1S/C13H13ClN2O3/c14-9-3-4-10-11(7-9)19-13(18)16(10)8-12(17)15-5-1-2-6-15/h3-4,7H,1-2,5-6,8H2. The van der Waals surface area contributed by atoms with Crippen LogP contribution in [0.25, 0.3) is 11.1 Å². The molecule has 1 fully saturated rings. The lowest BCUT2D eigenvalue weighted by atomic mass is 10.3. The molecule has 1 amide bonds. The molecule has 1 aliphatic rings. The highest BCUT2D eigenvalue weighted by atomic mass is 35.5. The summed E-state index contributed by atoms with van der Waals surface area (Å²) in [6.45, 7) is 1.57. The number of hydrogen-bond acceptors (Lipinski definition) is 3. The molecule has 6 heteroatoms. The summed E-state index contributed by atoms with van der Waals surface area (Å²) in [5.74, 6) is -0.568. The van der Waals surface area contributed by atoms with Crippen LogP contribution in [0.4, 0.5) is 0 Å². The van der Waals surface area contributed by atoms with Crippen molar-refractivity contribution in [1.29, 1.82) is 0 Å². The first-order chi connectivity index (χ1) is 9.15. The van der Waals surface area contributed by atoms with Crippen LogP contribution in [0.3, 0.4) is 0 Å². The summed E-state index contributed by atoms with van der Waals surface area (Å²) in [5, 5.41) is 0.499. The fraction of sp³-hybridized carbons (Fsp3) is 0.385. The summed E-state index contributed by atoms with van der Waals surface area (Å²) in [6, 6.07) is 4.95. The Bertz CT molecular complexity index is 683. The van der Waals surface area contributed by atoms with Gasteiger partial charge in [-0.25, -0.2) is 4.79 Å². The minimum atomic E-state index is -0.523.